The second-order valence-corrected chi connectivity index (χ2v) is 3.89. The molecule has 1 unspecified atom stereocenters. The Labute approximate surface area is 93.3 Å². The minimum absolute atomic E-state index is 0.269. The first-order chi connectivity index (χ1) is 7.36. The van der Waals surface area contributed by atoms with Crippen molar-refractivity contribution in [3.8, 4) is 5.75 Å². The number of hydrogen-bond donors (Lipinski definition) is 3. The molecule has 1 aromatic rings. The molecule has 0 aromatic heterocycles. The van der Waals surface area contributed by atoms with Crippen LogP contribution in [0.1, 0.15) is 20.3 Å². The SMILES string of the molecule is CCC(C)(N)C(=O)Nc1ccc(O)c(F)c1. The van der Waals surface area contributed by atoms with Crippen LogP contribution in [-0.2, 0) is 4.79 Å². The molecule has 0 bridgehead atoms. The average Bonchev–Trinajstić information content (AvgIpc) is 2.23. The van der Waals surface area contributed by atoms with Gasteiger partial charge in [0.05, 0.1) is 5.54 Å². The van der Waals surface area contributed by atoms with Crippen LogP contribution in [0.3, 0.4) is 0 Å². The summed E-state index contributed by atoms with van der Waals surface area (Å²) >= 11 is 0. The molecule has 88 valence electrons. The molecule has 0 aliphatic rings. The van der Waals surface area contributed by atoms with Gasteiger partial charge in [-0.3, -0.25) is 4.79 Å². The number of halogens is 1. The van der Waals surface area contributed by atoms with Crippen LogP contribution in [0, 0.1) is 5.82 Å². The van der Waals surface area contributed by atoms with Gasteiger partial charge in [0.15, 0.2) is 11.6 Å². The number of carbonyl (C=O) groups is 1. The van der Waals surface area contributed by atoms with Crippen LogP contribution in [0.4, 0.5) is 10.1 Å². The lowest BCUT2D eigenvalue weighted by Gasteiger charge is -2.21. The lowest BCUT2D eigenvalue weighted by atomic mass is 9.99. The number of hydrogen-bond acceptors (Lipinski definition) is 3. The Morgan fingerprint density at radius 1 is 1.62 bits per heavy atom. The van der Waals surface area contributed by atoms with E-state index >= 15 is 0 Å². The van der Waals surface area contributed by atoms with Gasteiger partial charge in [-0.05, 0) is 25.5 Å². The highest BCUT2D eigenvalue weighted by atomic mass is 19.1. The molecule has 0 aliphatic heterocycles. The highest BCUT2D eigenvalue weighted by Crippen LogP contribution is 2.20. The van der Waals surface area contributed by atoms with E-state index < -0.39 is 17.1 Å². The summed E-state index contributed by atoms with van der Waals surface area (Å²) in [5.74, 6) is -1.63. The first-order valence-corrected chi connectivity index (χ1v) is 4.95. The van der Waals surface area contributed by atoms with Gasteiger partial charge in [0.25, 0.3) is 0 Å². The van der Waals surface area contributed by atoms with Crippen LogP contribution in [-0.4, -0.2) is 16.6 Å². The van der Waals surface area contributed by atoms with E-state index in [2.05, 4.69) is 5.32 Å². The molecule has 1 aromatic carbocycles. The molecule has 0 fully saturated rings. The maximum absolute atomic E-state index is 13.0. The first kappa shape index (κ1) is 12.4. The summed E-state index contributed by atoms with van der Waals surface area (Å²) in [5, 5.41) is 11.5. The van der Waals surface area contributed by atoms with Gasteiger partial charge in [0, 0.05) is 11.8 Å². The van der Waals surface area contributed by atoms with Crippen LogP contribution in [0.25, 0.3) is 0 Å². The molecule has 4 N–H and O–H groups in total. The second-order valence-electron chi connectivity index (χ2n) is 3.89. The number of nitrogens with one attached hydrogen (secondary N) is 1. The standard InChI is InChI=1S/C11H15FN2O2/c1-3-11(2,13)10(16)14-7-4-5-9(15)8(12)6-7/h4-6,15H,3,13H2,1-2H3,(H,14,16). The minimum Gasteiger partial charge on any atom is -0.505 e. The highest BCUT2D eigenvalue weighted by molar-refractivity contribution is 5.97. The van der Waals surface area contributed by atoms with E-state index in [0.717, 1.165) is 6.07 Å². The van der Waals surface area contributed by atoms with Gasteiger partial charge in [-0.25, -0.2) is 4.39 Å². The number of aromatic hydroxyl groups is 1. The molecule has 16 heavy (non-hydrogen) atoms. The number of benzene rings is 1. The monoisotopic (exact) mass is 226 g/mol. The van der Waals surface area contributed by atoms with E-state index in [-0.39, 0.29) is 11.6 Å². The molecular formula is C11H15FN2O2. The van der Waals surface area contributed by atoms with Crippen molar-refractivity contribution in [1.82, 2.24) is 0 Å². The fourth-order valence-corrected chi connectivity index (χ4v) is 1.02. The third-order valence-corrected chi connectivity index (χ3v) is 2.46. The highest BCUT2D eigenvalue weighted by Gasteiger charge is 2.25. The molecule has 1 amide bonds. The Morgan fingerprint density at radius 2 is 2.25 bits per heavy atom. The second kappa shape index (κ2) is 4.49. The van der Waals surface area contributed by atoms with Crippen LogP contribution >= 0.6 is 0 Å². The molecular weight excluding hydrogens is 211 g/mol. The number of nitrogens with two attached hydrogens (primary N) is 1. The minimum atomic E-state index is -0.992. The summed E-state index contributed by atoms with van der Waals surface area (Å²) in [6.45, 7) is 3.39. The van der Waals surface area contributed by atoms with Crippen molar-refractivity contribution >= 4 is 11.6 Å². The molecule has 0 saturated heterocycles. The normalized spacial score (nSPS) is 14.2. The maximum Gasteiger partial charge on any atom is 0.244 e. The Kier molecular flexibility index (Phi) is 3.49. The van der Waals surface area contributed by atoms with Crippen LogP contribution in [0.5, 0.6) is 5.75 Å². The lowest BCUT2D eigenvalue weighted by molar-refractivity contribution is -0.120. The largest absolute Gasteiger partial charge is 0.505 e. The third-order valence-electron chi connectivity index (χ3n) is 2.46. The quantitative estimate of drug-likeness (QED) is 0.685. The predicted molar refractivity (Wildman–Crippen MR) is 59.6 cm³/mol. The topological polar surface area (TPSA) is 75.4 Å². The zero-order valence-electron chi connectivity index (χ0n) is 9.25. The van der Waals surface area contributed by atoms with E-state index in [1.807, 2.05) is 0 Å². The number of anilines is 1. The lowest BCUT2D eigenvalue weighted by Crippen LogP contribution is -2.47. The smallest absolute Gasteiger partial charge is 0.244 e. The van der Waals surface area contributed by atoms with Gasteiger partial charge in [0.2, 0.25) is 5.91 Å². The predicted octanol–water partition coefficient (Wildman–Crippen LogP) is 1.60. The summed E-state index contributed by atoms with van der Waals surface area (Å²) in [7, 11) is 0. The molecule has 0 radical (unpaired) electrons. The molecule has 0 heterocycles. The number of phenols is 1. The first-order valence-electron chi connectivity index (χ1n) is 4.95. The number of carbonyl (C=O) groups excluding carboxylic acids is 1. The van der Waals surface area contributed by atoms with Gasteiger partial charge in [-0.15, -0.1) is 0 Å². The Balaban J connectivity index is 2.82. The molecule has 1 rings (SSSR count). The number of phenolic OH excluding ortho intramolecular Hbond substituents is 1. The zero-order chi connectivity index (χ0) is 12.3. The zero-order valence-corrected chi connectivity index (χ0v) is 9.25. The molecule has 4 nitrogen and oxygen atoms in total. The van der Waals surface area contributed by atoms with E-state index in [1.54, 1.807) is 13.8 Å². The summed E-state index contributed by atoms with van der Waals surface area (Å²) < 4.78 is 13.0. The van der Waals surface area contributed by atoms with E-state index in [1.165, 1.54) is 12.1 Å². The van der Waals surface area contributed by atoms with Crippen molar-refractivity contribution in [3.05, 3.63) is 24.0 Å². The molecule has 1 atom stereocenters. The maximum atomic E-state index is 13.0. The summed E-state index contributed by atoms with van der Waals surface area (Å²) in [5.41, 5.74) is 5.00. The van der Waals surface area contributed by atoms with Gasteiger partial charge in [-0.1, -0.05) is 6.92 Å². The van der Waals surface area contributed by atoms with Crippen LogP contribution in [0.15, 0.2) is 18.2 Å². The van der Waals surface area contributed by atoms with Crippen molar-refractivity contribution in [2.45, 2.75) is 25.8 Å². The number of amides is 1. The van der Waals surface area contributed by atoms with Crippen molar-refractivity contribution in [3.63, 3.8) is 0 Å². The molecule has 0 saturated carbocycles. The van der Waals surface area contributed by atoms with E-state index in [4.69, 9.17) is 10.8 Å². The van der Waals surface area contributed by atoms with Gasteiger partial charge < -0.3 is 16.2 Å². The summed E-state index contributed by atoms with van der Waals surface area (Å²) in [6.07, 6.45) is 0.472. The Bertz CT molecular complexity index is 405. The van der Waals surface area contributed by atoms with Crippen molar-refractivity contribution in [2.24, 2.45) is 5.73 Å². The summed E-state index contributed by atoms with van der Waals surface area (Å²) in [6, 6.07) is 3.62. The average molecular weight is 226 g/mol. The summed E-state index contributed by atoms with van der Waals surface area (Å²) in [4.78, 5) is 11.6. The Morgan fingerprint density at radius 3 is 2.75 bits per heavy atom. The van der Waals surface area contributed by atoms with Crippen molar-refractivity contribution in [1.29, 1.82) is 0 Å². The molecule has 5 heteroatoms. The third kappa shape index (κ3) is 2.70. The van der Waals surface area contributed by atoms with Crippen molar-refractivity contribution < 1.29 is 14.3 Å². The van der Waals surface area contributed by atoms with Crippen LogP contribution < -0.4 is 11.1 Å². The molecule has 0 aliphatic carbocycles. The van der Waals surface area contributed by atoms with E-state index in [0.29, 0.717) is 6.42 Å². The van der Waals surface area contributed by atoms with Gasteiger partial charge in [-0.2, -0.15) is 0 Å². The van der Waals surface area contributed by atoms with Gasteiger partial charge >= 0.3 is 0 Å². The van der Waals surface area contributed by atoms with Crippen molar-refractivity contribution in [2.75, 3.05) is 5.32 Å². The number of rotatable bonds is 3. The van der Waals surface area contributed by atoms with Crippen LogP contribution in [0.2, 0.25) is 0 Å². The van der Waals surface area contributed by atoms with Gasteiger partial charge in [0.1, 0.15) is 0 Å². The Hall–Kier alpha value is -1.62. The fraction of sp³-hybridized carbons (Fsp3) is 0.364. The van der Waals surface area contributed by atoms with E-state index in [9.17, 15) is 9.18 Å². The molecule has 0 spiro atoms. The fourth-order valence-electron chi connectivity index (χ4n) is 1.02.